The molecule has 3 aromatic heterocycles. The van der Waals surface area contributed by atoms with Crippen LogP contribution in [0, 0.1) is 11.8 Å². The molecule has 1 aromatic carbocycles. The third-order valence-electron chi connectivity index (χ3n) is 6.63. The fourth-order valence-electron chi connectivity index (χ4n) is 4.84. The molecule has 9 nitrogen and oxygen atoms in total. The predicted molar refractivity (Wildman–Crippen MR) is 134 cm³/mol. The highest BCUT2D eigenvalue weighted by Crippen LogP contribution is 2.53. The first kappa shape index (κ1) is 23.5. The summed E-state index contributed by atoms with van der Waals surface area (Å²) in [6.45, 7) is 1.64. The van der Waals surface area contributed by atoms with E-state index in [4.69, 9.17) is 10.7 Å². The van der Waals surface area contributed by atoms with Gasteiger partial charge in [0.05, 0.1) is 5.69 Å². The number of hydrogen-bond acceptors (Lipinski definition) is 6. The molecule has 1 fully saturated rings. The summed E-state index contributed by atoms with van der Waals surface area (Å²) >= 11 is 0. The summed E-state index contributed by atoms with van der Waals surface area (Å²) in [7, 11) is 1.89. The van der Waals surface area contributed by atoms with Crippen LogP contribution in [0.15, 0.2) is 55.2 Å². The minimum atomic E-state index is -0.689. The molecule has 4 aromatic rings. The summed E-state index contributed by atoms with van der Waals surface area (Å²) in [5.41, 5.74) is 10.9. The number of nitrogens with two attached hydrogens (primary N) is 1. The topological polar surface area (TPSA) is 125 Å². The highest BCUT2D eigenvalue weighted by molar-refractivity contribution is 5.93. The molecule has 3 N–H and O–H groups in total. The third kappa shape index (κ3) is 4.51. The van der Waals surface area contributed by atoms with E-state index in [0.717, 1.165) is 41.2 Å². The number of aromatic nitrogens is 6. The largest absolute Gasteiger partial charge is 0.381 e. The van der Waals surface area contributed by atoms with Crippen molar-refractivity contribution >= 4 is 5.91 Å². The van der Waals surface area contributed by atoms with Gasteiger partial charge in [-0.3, -0.25) is 9.48 Å². The van der Waals surface area contributed by atoms with Crippen LogP contribution in [0.5, 0.6) is 0 Å². The van der Waals surface area contributed by atoms with Crippen LogP contribution >= 0.6 is 0 Å². The molecular weight excluding hydrogens is 454 g/mol. The van der Waals surface area contributed by atoms with Gasteiger partial charge in [0, 0.05) is 54.9 Å². The van der Waals surface area contributed by atoms with E-state index in [1.165, 1.54) is 11.9 Å². The quantitative estimate of drug-likeness (QED) is 0.434. The smallest absolute Gasteiger partial charge is 0.269 e. The Morgan fingerprint density at radius 1 is 1.22 bits per heavy atom. The molecule has 2 aliphatic heterocycles. The van der Waals surface area contributed by atoms with Crippen molar-refractivity contribution in [3.63, 3.8) is 0 Å². The zero-order chi connectivity index (χ0) is 25.2. The van der Waals surface area contributed by atoms with Crippen molar-refractivity contribution in [1.82, 2.24) is 29.3 Å². The van der Waals surface area contributed by atoms with Gasteiger partial charge in [0.2, 0.25) is 0 Å². The van der Waals surface area contributed by atoms with E-state index in [1.807, 2.05) is 29.9 Å². The molecule has 1 unspecified atom stereocenters. The number of imidazole rings is 1. The van der Waals surface area contributed by atoms with Crippen molar-refractivity contribution in [2.24, 2.45) is 12.8 Å². The number of hydrogen-bond donors (Lipinski definition) is 2. The SMILES string of the molecule is CC(O)C#Cc1ccc2c(c1)-c1nc(C(N)=O)c(Cc3ccnn3C)n1C1CC2C1.c1cncnc1. The Kier molecular flexibility index (Phi) is 6.36. The van der Waals surface area contributed by atoms with Crippen LogP contribution in [0.1, 0.15) is 64.7 Å². The molecule has 0 saturated heterocycles. The summed E-state index contributed by atoms with van der Waals surface area (Å²) in [4.78, 5) is 24.4. The number of amides is 1. The molecule has 1 amide bonds. The number of nitrogens with zero attached hydrogens (tertiary/aromatic N) is 6. The molecule has 1 saturated carbocycles. The van der Waals surface area contributed by atoms with Crippen molar-refractivity contribution in [3.8, 4) is 23.2 Å². The Hall–Kier alpha value is -4.29. The van der Waals surface area contributed by atoms with Crippen LogP contribution in [-0.4, -0.2) is 46.4 Å². The summed E-state index contributed by atoms with van der Waals surface area (Å²) in [5, 5.41) is 13.7. The predicted octanol–water partition coefficient (Wildman–Crippen LogP) is 2.61. The van der Waals surface area contributed by atoms with Crippen LogP contribution in [0.25, 0.3) is 11.4 Å². The van der Waals surface area contributed by atoms with Crippen molar-refractivity contribution in [3.05, 3.63) is 83.5 Å². The van der Waals surface area contributed by atoms with Gasteiger partial charge < -0.3 is 15.4 Å². The van der Waals surface area contributed by atoms with E-state index in [-0.39, 0.29) is 0 Å². The first-order valence-electron chi connectivity index (χ1n) is 11.8. The standard InChI is InChI=1S/C23H23N5O2.C4H4N2/c1-13(29)3-4-14-5-6-18-15-10-17(11-15)28-20(12-16-7-8-25-27(16)2)21(22(24)30)26-23(28)19(18)9-14;1-2-5-4-6-3-1/h5-9,13,15,17,29H,10-12H2,1-2H3,(H2,24,30);1-4H. The highest BCUT2D eigenvalue weighted by atomic mass is 16.3. The van der Waals surface area contributed by atoms with E-state index < -0.39 is 12.0 Å². The Bertz CT molecular complexity index is 1430. The highest BCUT2D eigenvalue weighted by Gasteiger charge is 2.41. The summed E-state index contributed by atoms with van der Waals surface area (Å²) < 4.78 is 4.02. The maximum absolute atomic E-state index is 12.3. The Morgan fingerprint density at radius 2 is 2.00 bits per heavy atom. The second-order valence-electron chi connectivity index (χ2n) is 9.06. The molecular formula is C27H27N7O2. The molecule has 0 radical (unpaired) electrons. The molecule has 1 atom stereocenters. The lowest BCUT2D eigenvalue weighted by molar-refractivity contribution is 0.0994. The molecule has 0 spiro atoms. The lowest BCUT2D eigenvalue weighted by Crippen LogP contribution is -2.25. The number of aliphatic hydroxyl groups excluding tert-OH is 1. The van der Waals surface area contributed by atoms with Crippen LogP contribution in [0.3, 0.4) is 0 Å². The lowest BCUT2D eigenvalue weighted by Gasteiger charge is -2.35. The zero-order valence-electron chi connectivity index (χ0n) is 20.2. The molecule has 182 valence electrons. The van der Waals surface area contributed by atoms with Crippen molar-refractivity contribution in [1.29, 1.82) is 0 Å². The second-order valence-corrected chi connectivity index (χ2v) is 9.06. The van der Waals surface area contributed by atoms with E-state index >= 15 is 0 Å². The van der Waals surface area contributed by atoms with Crippen LogP contribution in [0.4, 0.5) is 0 Å². The molecule has 7 rings (SSSR count). The van der Waals surface area contributed by atoms with Gasteiger partial charge >= 0.3 is 0 Å². The van der Waals surface area contributed by atoms with E-state index in [0.29, 0.717) is 24.1 Å². The molecule has 3 aliphatic rings. The molecule has 36 heavy (non-hydrogen) atoms. The van der Waals surface area contributed by atoms with Gasteiger partial charge in [0.15, 0.2) is 0 Å². The van der Waals surface area contributed by atoms with Gasteiger partial charge in [-0.15, -0.1) is 0 Å². The first-order chi connectivity index (χ1) is 17.4. The average Bonchev–Trinajstić information content (AvgIpc) is 3.36. The number of rotatable bonds is 3. The molecule has 1 aliphatic carbocycles. The van der Waals surface area contributed by atoms with Gasteiger partial charge in [-0.1, -0.05) is 17.9 Å². The number of aliphatic hydroxyl groups is 1. The van der Waals surface area contributed by atoms with Crippen LogP contribution in [-0.2, 0) is 13.5 Å². The third-order valence-corrected chi connectivity index (χ3v) is 6.63. The lowest BCUT2D eigenvalue weighted by atomic mass is 9.75. The Labute approximate surface area is 209 Å². The minimum Gasteiger partial charge on any atom is -0.381 e. The summed E-state index contributed by atoms with van der Waals surface area (Å²) in [6.07, 6.45) is 8.52. The van der Waals surface area contributed by atoms with E-state index in [1.54, 1.807) is 31.6 Å². The Balaban J connectivity index is 0.000000391. The minimum absolute atomic E-state index is 0.299. The van der Waals surface area contributed by atoms with Crippen LogP contribution < -0.4 is 5.73 Å². The number of carbonyl (C=O) groups is 1. The fourth-order valence-corrected chi connectivity index (χ4v) is 4.84. The molecule has 5 heterocycles. The summed E-state index contributed by atoms with van der Waals surface area (Å²) in [5.74, 6) is 6.56. The fraction of sp³-hybridized carbons (Fsp3) is 0.296. The van der Waals surface area contributed by atoms with Crippen molar-refractivity contribution in [2.45, 2.75) is 44.2 Å². The molecule has 2 bridgehead atoms. The summed E-state index contributed by atoms with van der Waals surface area (Å²) in [6, 6.07) is 10.1. The number of carbonyl (C=O) groups excluding carboxylic acids is 1. The monoisotopic (exact) mass is 481 g/mol. The van der Waals surface area contributed by atoms with Gasteiger partial charge in [0.25, 0.3) is 5.91 Å². The zero-order valence-corrected chi connectivity index (χ0v) is 20.2. The maximum Gasteiger partial charge on any atom is 0.269 e. The second kappa shape index (κ2) is 9.76. The normalized spacial score (nSPS) is 17.6. The number of aryl methyl sites for hydroxylation is 1. The van der Waals surface area contributed by atoms with Crippen LogP contribution in [0.2, 0.25) is 0 Å². The van der Waals surface area contributed by atoms with Crippen molar-refractivity contribution < 1.29 is 9.90 Å². The van der Waals surface area contributed by atoms with Gasteiger partial charge in [-0.05, 0) is 55.5 Å². The average molecular weight is 482 g/mol. The number of benzene rings is 1. The molecule has 9 heteroatoms. The van der Waals surface area contributed by atoms with Crippen molar-refractivity contribution in [2.75, 3.05) is 0 Å². The van der Waals surface area contributed by atoms with E-state index in [2.05, 4.69) is 37.5 Å². The Morgan fingerprint density at radius 3 is 2.58 bits per heavy atom. The maximum atomic E-state index is 12.3. The number of primary amides is 1. The van der Waals surface area contributed by atoms with Gasteiger partial charge in [-0.2, -0.15) is 5.10 Å². The first-order valence-corrected chi connectivity index (χ1v) is 11.8. The van der Waals surface area contributed by atoms with Gasteiger partial charge in [0.1, 0.15) is 23.9 Å². The van der Waals surface area contributed by atoms with E-state index in [9.17, 15) is 9.90 Å². The van der Waals surface area contributed by atoms with Gasteiger partial charge in [-0.25, -0.2) is 15.0 Å².